The number of rotatable bonds is 4. The van der Waals surface area contributed by atoms with Gasteiger partial charge in [-0.1, -0.05) is 37.6 Å². The first-order chi connectivity index (χ1) is 11.1. The molecule has 2 aromatic carbocycles. The molecule has 1 aliphatic rings. The van der Waals surface area contributed by atoms with Gasteiger partial charge in [0.2, 0.25) is 10.0 Å². The molecule has 4 nitrogen and oxygen atoms in total. The van der Waals surface area contributed by atoms with Gasteiger partial charge in [0, 0.05) is 23.5 Å². The van der Waals surface area contributed by atoms with E-state index in [0.29, 0.717) is 27.8 Å². The van der Waals surface area contributed by atoms with Crippen LogP contribution in [0.4, 0.5) is 0 Å². The molecule has 0 aromatic heterocycles. The fourth-order valence-electron chi connectivity index (χ4n) is 3.45. The molecule has 0 aliphatic carbocycles. The summed E-state index contributed by atoms with van der Waals surface area (Å²) in [5.41, 5.74) is 0.519. The molecule has 2 aromatic rings. The second-order valence-corrected chi connectivity index (χ2v) is 7.85. The standard InChI is InChI=1S/C18H21NO3S/c1-2-15-7-5-6-12-19(15)23(21,22)18-11-10-14(13-20)16-8-3-4-9-17(16)18/h3-4,8-11,13,15H,2,5-7,12H2,1H3/t15-/m0/s1. The fourth-order valence-corrected chi connectivity index (χ4v) is 5.41. The normalized spacial score (nSPS) is 19.8. The highest BCUT2D eigenvalue weighted by Crippen LogP contribution is 2.32. The monoisotopic (exact) mass is 331 g/mol. The number of hydrogen-bond acceptors (Lipinski definition) is 3. The first kappa shape index (κ1) is 16.1. The van der Waals surface area contributed by atoms with Crippen LogP contribution in [0.1, 0.15) is 43.0 Å². The number of sulfonamides is 1. The van der Waals surface area contributed by atoms with E-state index in [-0.39, 0.29) is 6.04 Å². The van der Waals surface area contributed by atoms with E-state index in [2.05, 4.69) is 0 Å². The summed E-state index contributed by atoms with van der Waals surface area (Å²) in [7, 11) is -3.56. The number of nitrogens with zero attached hydrogens (tertiary/aromatic N) is 1. The molecule has 23 heavy (non-hydrogen) atoms. The number of aldehydes is 1. The van der Waals surface area contributed by atoms with Crippen molar-refractivity contribution in [2.75, 3.05) is 6.54 Å². The second-order valence-electron chi connectivity index (χ2n) is 5.99. The van der Waals surface area contributed by atoms with Crippen molar-refractivity contribution < 1.29 is 13.2 Å². The van der Waals surface area contributed by atoms with E-state index in [4.69, 9.17) is 0 Å². The Bertz CT molecular complexity index is 829. The van der Waals surface area contributed by atoms with Gasteiger partial charge in [-0.2, -0.15) is 4.31 Å². The van der Waals surface area contributed by atoms with Gasteiger partial charge >= 0.3 is 0 Å². The van der Waals surface area contributed by atoms with Gasteiger partial charge in [-0.05, 0) is 36.8 Å². The van der Waals surface area contributed by atoms with Crippen molar-refractivity contribution in [3.63, 3.8) is 0 Å². The Kier molecular flexibility index (Phi) is 4.50. The first-order valence-corrected chi connectivity index (χ1v) is 9.52. The maximum Gasteiger partial charge on any atom is 0.243 e. The van der Waals surface area contributed by atoms with Crippen molar-refractivity contribution in [3.8, 4) is 0 Å². The molecule has 1 heterocycles. The highest BCUT2D eigenvalue weighted by molar-refractivity contribution is 7.89. The molecule has 1 aliphatic heterocycles. The van der Waals surface area contributed by atoms with E-state index in [1.807, 2.05) is 19.1 Å². The van der Waals surface area contributed by atoms with E-state index in [9.17, 15) is 13.2 Å². The summed E-state index contributed by atoms with van der Waals surface area (Å²) < 4.78 is 28.1. The van der Waals surface area contributed by atoms with Gasteiger partial charge < -0.3 is 0 Å². The Morgan fingerprint density at radius 2 is 1.87 bits per heavy atom. The first-order valence-electron chi connectivity index (χ1n) is 8.08. The number of fused-ring (bicyclic) bond motifs is 1. The Morgan fingerprint density at radius 3 is 2.57 bits per heavy atom. The van der Waals surface area contributed by atoms with Crippen molar-refractivity contribution in [2.24, 2.45) is 0 Å². The van der Waals surface area contributed by atoms with Gasteiger partial charge in [0.25, 0.3) is 0 Å². The number of piperidine rings is 1. The SMILES string of the molecule is CC[C@H]1CCCCN1S(=O)(=O)c1ccc(C=O)c2ccccc12. The summed E-state index contributed by atoms with van der Waals surface area (Å²) in [4.78, 5) is 11.5. The molecule has 1 saturated heterocycles. The molecule has 0 bridgehead atoms. The molecule has 0 unspecified atom stereocenters. The summed E-state index contributed by atoms with van der Waals surface area (Å²) in [6.45, 7) is 2.61. The van der Waals surface area contributed by atoms with Crippen molar-refractivity contribution in [3.05, 3.63) is 42.0 Å². The average molecular weight is 331 g/mol. The van der Waals surface area contributed by atoms with E-state index in [1.54, 1.807) is 28.6 Å². The van der Waals surface area contributed by atoms with Crippen LogP contribution in [0, 0.1) is 0 Å². The van der Waals surface area contributed by atoms with Gasteiger partial charge in [0.05, 0.1) is 4.90 Å². The van der Waals surface area contributed by atoms with Gasteiger partial charge in [-0.3, -0.25) is 4.79 Å². The van der Waals surface area contributed by atoms with Gasteiger partial charge in [0.1, 0.15) is 0 Å². The van der Waals surface area contributed by atoms with Crippen molar-refractivity contribution in [1.82, 2.24) is 4.31 Å². The van der Waals surface area contributed by atoms with E-state index in [1.165, 1.54) is 0 Å². The highest BCUT2D eigenvalue weighted by Gasteiger charge is 2.33. The molecule has 0 spiro atoms. The van der Waals surface area contributed by atoms with Crippen molar-refractivity contribution in [2.45, 2.75) is 43.5 Å². The lowest BCUT2D eigenvalue weighted by molar-refractivity contribution is 0.112. The van der Waals surface area contributed by atoms with E-state index >= 15 is 0 Å². The average Bonchev–Trinajstić information content (AvgIpc) is 2.60. The zero-order chi connectivity index (χ0) is 16.4. The molecule has 1 fully saturated rings. The lowest BCUT2D eigenvalue weighted by atomic mass is 10.0. The predicted molar refractivity (Wildman–Crippen MR) is 91.2 cm³/mol. The minimum Gasteiger partial charge on any atom is -0.298 e. The van der Waals surface area contributed by atoms with Crippen LogP contribution in [-0.2, 0) is 10.0 Å². The lowest BCUT2D eigenvalue weighted by Gasteiger charge is -2.34. The van der Waals surface area contributed by atoms with Gasteiger partial charge in [-0.15, -0.1) is 0 Å². The molecule has 0 radical (unpaired) electrons. The van der Waals surface area contributed by atoms with Gasteiger partial charge in [0.15, 0.2) is 6.29 Å². The van der Waals surface area contributed by atoms with E-state index in [0.717, 1.165) is 32.0 Å². The molecule has 0 saturated carbocycles. The second kappa shape index (κ2) is 6.42. The summed E-state index contributed by atoms with van der Waals surface area (Å²) in [6, 6.07) is 10.4. The Morgan fingerprint density at radius 1 is 1.13 bits per heavy atom. The van der Waals surface area contributed by atoms with Crippen LogP contribution < -0.4 is 0 Å². The van der Waals surface area contributed by atoms with E-state index < -0.39 is 10.0 Å². The Hall–Kier alpha value is -1.72. The smallest absolute Gasteiger partial charge is 0.243 e. The van der Waals surface area contributed by atoms with Crippen LogP contribution in [0.2, 0.25) is 0 Å². The Balaban J connectivity index is 2.17. The molecule has 0 amide bonds. The number of benzene rings is 2. The zero-order valence-corrected chi connectivity index (χ0v) is 14.1. The highest BCUT2D eigenvalue weighted by atomic mass is 32.2. The van der Waals surface area contributed by atoms with Crippen LogP contribution in [0.3, 0.4) is 0 Å². The molecule has 5 heteroatoms. The molecular formula is C18H21NO3S. The zero-order valence-electron chi connectivity index (χ0n) is 13.2. The molecule has 122 valence electrons. The number of carbonyl (C=O) groups excluding carboxylic acids is 1. The van der Waals surface area contributed by atoms with Gasteiger partial charge in [-0.25, -0.2) is 8.42 Å². The third-order valence-electron chi connectivity index (χ3n) is 4.68. The molecule has 0 N–H and O–H groups in total. The fraction of sp³-hybridized carbons (Fsp3) is 0.389. The van der Waals surface area contributed by atoms with Crippen molar-refractivity contribution in [1.29, 1.82) is 0 Å². The van der Waals surface area contributed by atoms with Crippen LogP contribution in [0.15, 0.2) is 41.3 Å². The van der Waals surface area contributed by atoms with Crippen molar-refractivity contribution >= 4 is 27.1 Å². The minimum absolute atomic E-state index is 0.0678. The largest absolute Gasteiger partial charge is 0.298 e. The number of carbonyl (C=O) groups is 1. The molecular weight excluding hydrogens is 310 g/mol. The quantitative estimate of drug-likeness (QED) is 0.804. The third-order valence-corrected chi connectivity index (χ3v) is 6.69. The summed E-state index contributed by atoms with van der Waals surface area (Å²) in [6.07, 6.45) is 4.49. The minimum atomic E-state index is -3.56. The molecule has 3 rings (SSSR count). The summed E-state index contributed by atoms with van der Waals surface area (Å²) in [5, 5.41) is 1.31. The third kappa shape index (κ3) is 2.79. The Labute approximate surface area is 137 Å². The maximum atomic E-state index is 13.2. The number of hydrogen-bond donors (Lipinski definition) is 0. The topological polar surface area (TPSA) is 54.5 Å². The maximum absolute atomic E-state index is 13.2. The molecule has 1 atom stereocenters. The lowest BCUT2D eigenvalue weighted by Crippen LogP contribution is -2.43. The van der Waals surface area contributed by atoms with Crippen LogP contribution >= 0.6 is 0 Å². The van der Waals surface area contributed by atoms with Crippen LogP contribution in [0.5, 0.6) is 0 Å². The van der Waals surface area contributed by atoms with Crippen LogP contribution in [0.25, 0.3) is 10.8 Å². The predicted octanol–water partition coefficient (Wildman–Crippen LogP) is 3.61. The summed E-state index contributed by atoms with van der Waals surface area (Å²) in [5.74, 6) is 0. The summed E-state index contributed by atoms with van der Waals surface area (Å²) >= 11 is 0. The van der Waals surface area contributed by atoms with Crippen LogP contribution in [-0.4, -0.2) is 31.6 Å².